The third-order valence-corrected chi connectivity index (χ3v) is 3.32. The zero-order valence-corrected chi connectivity index (χ0v) is 12.8. The zero-order chi connectivity index (χ0) is 18.4. The van der Waals surface area contributed by atoms with Gasteiger partial charge in [0.05, 0.1) is 12.5 Å². The molecule has 1 atom stereocenters. The van der Waals surface area contributed by atoms with Crippen LogP contribution in [0.2, 0.25) is 0 Å². The molecular formula is C17H14F3NO4. The first kappa shape index (κ1) is 18.3. The van der Waals surface area contributed by atoms with Crippen molar-refractivity contribution < 1.29 is 32.6 Å². The first-order chi connectivity index (χ1) is 11.9. The molecule has 2 aromatic carbocycles. The van der Waals surface area contributed by atoms with E-state index in [2.05, 4.69) is 5.32 Å². The molecule has 2 rings (SSSR count). The van der Waals surface area contributed by atoms with E-state index in [0.717, 1.165) is 6.07 Å². The van der Waals surface area contributed by atoms with E-state index >= 15 is 0 Å². The van der Waals surface area contributed by atoms with E-state index < -0.39 is 47.5 Å². The topological polar surface area (TPSA) is 75.6 Å². The van der Waals surface area contributed by atoms with Crippen molar-refractivity contribution in [1.82, 2.24) is 5.32 Å². The molecule has 0 aromatic heterocycles. The molecule has 0 bridgehead atoms. The van der Waals surface area contributed by atoms with E-state index in [-0.39, 0.29) is 6.61 Å². The third kappa shape index (κ3) is 4.97. The molecule has 25 heavy (non-hydrogen) atoms. The predicted octanol–water partition coefficient (Wildman–Crippen LogP) is 3.55. The number of alkyl carbamates (subject to hydrolysis) is 1. The lowest BCUT2D eigenvalue weighted by molar-refractivity contribution is -0.137. The van der Waals surface area contributed by atoms with Gasteiger partial charge in [0.2, 0.25) is 0 Å². The minimum absolute atomic E-state index is 0.0905. The molecule has 5 nitrogen and oxygen atoms in total. The Morgan fingerprint density at radius 1 is 1.04 bits per heavy atom. The van der Waals surface area contributed by atoms with Crippen LogP contribution in [0.1, 0.15) is 23.6 Å². The largest absolute Gasteiger partial charge is 0.481 e. The highest BCUT2D eigenvalue weighted by atomic mass is 19.2. The van der Waals surface area contributed by atoms with Crippen molar-refractivity contribution in [3.63, 3.8) is 0 Å². The SMILES string of the molecule is O=C(O)C[C@H](NC(=O)OCc1ccccc1)c1ccc(F)c(F)c1F. The number of rotatable bonds is 6. The Balaban J connectivity index is 2.11. The molecule has 132 valence electrons. The summed E-state index contributed by atoms with van der Waals surface area (Å²) in [5, 5.41) is 11.0. The fourth-order valence-electron chi connectivity index (χ4n) is 2.13. The molecule has 0 heterocycles. The number of carboxylic acid groups (broad SMARTS) is 1. The Bertz CT molecular complexity index is 768. The van der Waals surface area contributed by atoms with Crippen LogP contribution in [-0.4, -0.2) is 17.2 Å². The fraction of sp³-hybridized carbons (Fsp3) is 0.176. The van der Waals surface area contributed by atoms with E-state index in [9.17, 15) is 22.8 Å². The molecule has 0 spiro atoms. The van der Waals surface area contributed by atoms with Gasteiger partial charge >= 0.3 is 12.1 Å². The molecule has 0 fully saturated rings. The molecular weight excluding hydrogens is 339 g/mol. The highest BCUT2D eigenvalue weighted by Gasteiger charge is 2.25. The first-order valence-electron chi connectivity index (χ1n) is 7.21. The van der Waals surface area contributed by atoms with Gasteiger partial charge in [0.1, 0.15) is 6.61 Å². The Morgan fingerprint density at radius 2 is 1.72 bits per heavy atom. The molecule has 8 heteroatoms. The van der Waals surface area contributed by atoms with E-state index in [1.165, 1.54) is 0 Å². The van der Waals surface area contributed by atoms with Gasteiger partial charge in [-0.3, -0.25) is 4.79 Å². The molecule has 0 aliphatic heterocycles. The fourth-order valence-corrected chi connectivity index (χ4v) is 2.13. The second-order valence-corrected chi connectivity index (χ2v) is 5.12. The normalized spacial score (nSPS) is 11.6. The highest BCUT2D eigenvalue weighted by Crippen LogP contribution is 2.24. The van der Waals surface area contributed by atoms with Gasteiger partial charge in [-0.2, -0.15) is 0 Å². The summed E-state index contributed by atoms with van der Waals surface area (Å²) in [6.45, 7) is -0.0905. The van der Waals surface area contributed by atoms with E-state index in [0.29, 0.717) is 11.6 Å². The summed E-state index contributed by atoms with van der Waals surface area (Å²) in [6.07, 6.45) is -1.75. The summed E-state index contributed by atoms with van der Waals surface area (Å²) in [5.41, 5.74) is 0.199. The van der Waals surface area contributed by atoms with Crippen LogP contribution in [-0.2, 0) is 16.1 Å². The number of hydrogen-bond acceptors (Lipinski definition) is 3. The lowest BCUT2D eigenvalue weighted by Crippen LogP contribution is -2.31. The number of amides is 1. The Hall–Kier alpha value is -3.03. The van der Waals surface area contributed by atoms with Gasteiger partial charge in [0.25, 0.3) is 0 Å². The lowest BCUT2D eigenvalue weighted by Gasteiger charge is -2.18. The van der Waals surface area contributed by atoms with Gasteiger partial charge in [-0.15, -0.1) is 0 Å². The molecule has 1 amide bonds. The number of nitrogens with one attached hydrogen (secondary N) is 1. The Kier molecular flexibility index (Phi) is 5.99. The van der Waals surface area contributed by atoms with Crippen LogP contribution in [0.15, 0.2) is 42.5 Å². The van der Waals surface area contributed by atoms with Crippen molar-refractivity contribution in [2.24, 2.45) is 0 Å². The minimum atomic E-state index is -1.74. The van der Waals surface area contributed by atoms with Crippen LogP contribution in [0.4, 0.5) is 18.0 Å². The van der Waals surface area contributed by atoms with Gasteiger partial charge in [-0.25, -0.2) is 18.0 Å². The summed E-state index contributed by atoms with van der Waals surface area (Å²) < 4.78 is 45.2. The summed E-state index contributed by atoms with van der Waals surface area (Å²) in [5.74, 6) is -6.08. The number of benzene rings is 2. The van der Waals surface area contributed by atoms with Crippen molar-refractivity contribution in [3.8, 4) is 0 Å². The molecule has 0 saturated carbocycles. The summed E-state index contributed by atoms with van der Waals surface area (Å²) >= 11 is 0. The Morgan fingerprint density at radius 3 is 2.36 bits per heavy atom. The molecule has 2 aromatic rings. The maximum Gasteiger partial charge on any atom is 0.407 e. The van der Waals surface area contributed by atoms with E-state index in [1.807, 2.05) is 0 Å². The Labute approximate surface area is 141 Å². The molecule has 0 aliphatic carbocycles. The molecule has 2 N–H and O–H groups in total. The number of ether oxygens (including phenoxy) is 1. The number of hydrogen-bond donors (Lipinski definition) is 2. The lowest BCUT2D eigenvalue weighted by atomic mass is 10.0. The smallest absolute Gasteiger partial charge is 0.407 e. The van der Waals surface area contributed by atoms with Crippen LogP contribution < -0.4 is 5.32 Å². The van der Waals surface area contributed by atoms with E-state index in [4.69, 9.17) is 9.84 Å². The third-order valence-electron chi connectivity index (χ3n) is 3.32. The molecule has 0 radical (unpaired) electrons. The molecule has 0 saturated heterocycles. The van der Waals surface area contributed by atoms with Gasteiger partial charge in [-0.05, 0) is 11.6 Å². The monoisotopic (exact) mass is 353 g/mol. The van der Waals surface area contributed by atoms with Crippen molar-refractivity contribution in [3.05, 3.63) is 71.0 Å². The number of carboxylic acids is 1. The highest BCUT2D eigenvalue weighted by molar-refractivity contribution is 5.72. The van der Waals surface area contributed by atoms with Crippen molar-refractivity contribution in [2.45, 2.75) is 19.1 Å². The number of halogens is 3. The average molecular weight is 353 g/mol. The minimum Gasteiger partial charge on any atom is -0.481 e. The average Bonchev–Trinajstić information content (AvgIpc) is 2.58. The van der Waals surface area contributed by atoms with Gasteiger partial charge in [-0.1, -0.05) is 36.4 Å². The number of carbonyl (C=O) groups is 2. The predicted molar refractivity (Wildman–Crippen MR) is 81.1 cm³/mol. The number of aliphatic carboxylic acids is 1. The van der Waals surface area contributed by atoms with Crippen LogP contribution in [0.5, 0.6) is 0 Å². The van der Waals surface area contributed by atoms with Gasteiger partial charge in [0, 0.05) is 5.56 Å². The van der Waals surface area contributed by atoms with Gasteiger partial charge in [0.15, 0.2) is 17.5 Å². The van der Waals surface area contributed by atoms with Crippen LogP contribution in [0, 0.1) is 17.5 Å². The summed E-state index contributed by atoms with van der Waals surface area (Å²) in [7, 11) is 0. The second-order valence-electron chi connectivity index (χ2n) is 5.12. The molecule has 0 aliphatic rings. The van der Waals surface area contributed by atoms with Crippen LogP contribution >= 0.6 is 0 Å². The van der Waals surface area contributed by atoms with Crippen molar-refractivity contribution >= 4 is 12.1 Å². The first-order valence-corrected chi connectivity index (χ1v) is 7.21. The van der Waals surface area contributed by atoms with Crippen molar-refractivity contribution in [2.75, 3.05) is 0 Å². The quantitative estimate of drug-likeness (QED) is 0.779. The second kappa shape index (κ2) is 8.18. The van der Waals surface area contributed by atoms with Gasteiger partial charge < -0.3 is 15.2 Å². The van der Waals surface area contributed by atoms with E-state index in [1.54, 1.807) is 30.3 Å². The maximum absolute atomic E-state index is 13.9. The van der Waals surface area contributed by atoms with Crippen LogP contribution in [0.3, 0.4) is 0 Å². The van der Waals surface area contributed by atoms with Crippen LogP contribution in [0.25, 0.3) is 0 Å². The summed E-state index contributed by atoms with van der Waals surface area (Å²) in [6, 6.07) is 8.77. The maximum atomic E-state index is 13.9. The standard InChI is InChI=1S/C17H14F3NO4/c18-12-7-6-11(15(19)16(12)20)13(8-14(22)23)21-17(24)25-9-10-4-2-1-3-5-10/h1-7,13H,8-9H2,(H,21,24)(H,22,23)/t13-/m0/s1. The summed E-state index contributed by atoms with van der Waals surface area (Å²) in [4.78, 5) is 22.8. The number of carbonyl (C=O) groups excluding carboxylic acids is 1. The zero-order valence-electron chi connectivity index (χ0n) is 12.8. The molecule has 0 unspecified atom stereocenters. The van der Waals surface area contributed by atoms with Crippen molar-refractivity contribution in [1.29, 1.82) is 0 Å².